The topological polar surface area (TPSA) is 43.8 Å². The van der Waals surface area contributed by atoms with E-state index in [-0.39, 0.29) is 0 Å². The van der Waals surface area contributed by atoms with Gasteiger partial charge in [-0.05, 0) is 54.4 Å². The fraction of sp³-hybridized carbons (Fsp3) is 0.375. The number of morpholine rings is 1. The van der Waals surface area contributed by atoms with E-state index in [4.69, 9.17) is 19.2 Å². The first kappa shape index (κ1) is 19.8. The Morgan fingerprint density at radius 1 is 1.03 bits per heavy atom. The molecule has 29 heavy (non-hydrogen) atoms. The number of hydrogen-bond donors (Lipinski definition) is 0. The third-order valence-corrected chi connectivity index (χ3v) is 5.47. The standard InChI is InChI=1S/C24H28N2O3/c1-17-12-23(19-5-7-24(28-3)20(14-19)16-27-2)25-22-6-4-18(13-21(17)22)15-26-8-10-29-11-9-26/h4-7,12-14H,8-11,15-16H2,1-3H3. The maximum atomic E-state index is 5.45. The van der Waals surface area contributed by atoms with Crippen molar-refractivity contribution < 1.29 is 14.2 Å². The number of methoxy groups -OCH3 is 2. The van der Waals surface area contributed by atoms with Gasteiger partial charge in [0.1, 0.15) is 5.75 Å². The summed E-state index contributed by atoms with van der Waals surface area (Å²) in [6, 6.07) is 14.9. The summed E-state index contributed by atoms with van der Waals surface area (Å²) in [5, 5.41) is 1.21. The lowest BCUT2D eigenvalue weighted by Crippen LogP contribution is -2.35. The number of nitrogens with zero attached hydrogens (tertiary/aromatic N) is 2. The fourth-order valence-electron chi connectivity index (χ4n) is 3.91. The Morgan fingerprint density at radius 3 is 2.62 bits per heavy atom. The molecule has 3 aromatic rings. The largest absolute Gasteiger partial charge is 0.496 e. The van der Waals surface area contributed by atoms with E-state index >= 15 is 0 Å². The van der Waals surface area contributed by atoms with Gasteiger partial charge in [0.15, 0.2) is 0 Å². The zero-order valence-corrected chi connectivity index (χ0v) is 17.4. The van der Waals surface area contributed by atoms with E-state index in [1.807, 2.05) is 6.07 Å². The molecule has 0 unspecified atom stereocenters. The average Bonchev–Trinajstić information content (AvgIpc) is 2.75. The molecule has 1 aliphatic rings. The van der Waals surface area contributed by atoms with E-state index in [9.17, 15) is 0 Å². The Hall–Kier alpha value is -2.47. The summed E-state index contributed by atoms with van der Waals surface area (Å²) in [5.41, 5.74) is 6.64. The maximum Gasteiger partial charge on any atom is 0.124 e. The molecule has 0 radical (unpaired) electrons. The molecule has 0 spiro atoms. The van der Waals surface area contributed by atoms with Gasteiger partial charge in [0.25, 0.3) is 0 Å². The third-order valence-electron chi connectivity index (χ3n) is 5.47. The van der Waals surface area contributed by atoms with Crippen LogP contribution in [0.3, 0.4) is 0 Å². The third kappa shape index (κ3) is 4.42. The van der Waals surface area contributed by atoms with Gasteiger partial charge in [-0.15, -0.1) is 0 Å². The monoisotopic (exact) mass is 392 g/mol. The van der Waals surface area contributed by atoms with Crippen molar-refractivity contribution >= 4 is 10.9 Å². The van der Waals surface area contributed by atoms with Crippen LogP contribution in [-0.2, 0) is 22.6 Å². The van der Waals surface area contributed by atoms with E-state index in [2.05, 4.69) is 48.2 Å². The van der Waals surface area contributed by atoms with Gasteiger partial charge in [-0.25, -0.2) is 4.98 Å². The van der Waals surface area contributed by atoms with Crippen LogP contribution in [-0.4, -0.2) is 50.4 Å². The molecule has 1 aliphatic heterocycles. The lowest BCUT2D eigenvalue weighted by molar-refractivity contribution is 0.0342. The number of pyridine rings is 1. The molecule has 0 bridgehead atoms. The quantitative estimate of drug-likeness (QED) is 0.629. The summed E-state index contributed by atoms with van der Waals surface area (Å²) in [6.07, 6.45) is 0. The van der Waals surface area contributed by atoms with Crippen LogP contribution in [0.15, 0.2) is 42.5 Å². The number of hydrogen-bond acceptors (Lipinski definition) is 5. The minimum atomic E-state index is 0.508. The van der Waals surface area contributed by atoms with E-state index in [1.165, 1.54) is 16.5 Å². The SMILES string of the molecule is COCc1cc(-c2cc(C)c3cc(CN4CCOCC4)ccc3n2)ccc1OC. The van der Waals surface area contributed by atoms with Crippen molar-refractivity contribution in [2.75, 3.05) is 40.5 Å². The molecule has 1 fully saturated rings. The van der Waals surface area contributed by atoms with Crippen molar-refractivity contribution in [3.05, 3.63) is 59.2 Å². The summed E-state index contributed by atoms with van der Waals surface area (Å²) in [5.74, 6) is 0.834. The molecule has 152 valence electrons. The molecule has 2 aromatic carbocycles. The first-order valence-corrected chi connectivity index (χ1v) is 10.0. The lowest BCUT2D eigenvalue weighted by Gasteiger charge is -2.26. The molecular weight excluding hydrogens is 364 g/mol. The van der Waals surface area contributed by atoms with Gasteiger partial charge in [-0.1, -0.05) is 6.07 Å². The predicted octanol–water partition coefficient (Wildman–Crippen LogP) is 4.20. The number of benzene rings is 2. The maximum absolute atomic E-state index is 5.45. The van der Waals surface area contributed by atoms with E-state index in [0.717, 1.165) is 60.9 Å². The van der Waals surface area contributed by atoms with E-state index in [1.54, 1.807) is 14.2 Å². The van der Waals surface area contributed by atoms with Crippen LogP contribution in [0.5, 0.6) is 5.75 Å². The Morgan fingerprint density at radius 2 is 1.86 bits per heavy atom. The van der Waals surface area contributed by atoms with Crippen molar-refractivity contribution in [2.24, 2.45) is 0 Å². The van der Waals surface area contributed by atoms with E-state index < -0.39 is 0 Å². The predicted molar refractivity (Wildman–Crippen MR) is 115 cm³/mol. The van der Waals surface area contributed by atoms with Gasteiger partial charge >= 0.3 is 0 Å². The highest BCUT2D eigenvalue weighted by molar-refractivity contribution is 5.85. The fourth-order valence-corrected chi connectivity index (χ4v) is 3.91. The van der Waals surface area contributed by atoms with Gasteiger partial charge < -0.3 is 14.2 Å². The highest BCUT2D eigenvalue weighted by Crippen LogP contribution is 2.29. The molecule has 2 heterocycles. The van der Waals surface area contributed by atoms with Crippen molar-refractivity contribution in [1.29, 1.82) is 0 Å². The molecule has 5 nitrogen and oxygen atoms in total. The zero-order valence-electron chi connectivity index (χ0n) is 17.4. The van der Waals surface area contributed by atoms with Crippen LogP contribution in [0, 0.1) is 6.92 Å². The Bertz CT molecular complexity index is 997. The smallest absolute Gasteiger partial charge is 0.124 e. The lowest BCUT2D eigenvalue weighted by atomic mass is 10.0. The highest BCUT2D eigenvalue weighted by atomic mass is 16.5. The zero-order chi connectivity index (χ0) is 20.2. The minimum Gasteiger partial charge on any atom is -0.496 e. The summed E-state index contributed by atoms with van der Waals surface area (Å²) < 4.78 is 16.2. The number of aromatic nitrogens is 1. The van der Waals surface area contributed by atoms with Crippen LogP contribution in [0.2, 0.25) is 0 Å². The van der Waals surface area contributed by atoms with E-state index in [0.29, 0.717) is 6.61 Å². The van der Waals surface area contributed by atoms with Crippen LogP contribution in [0.4, 0.5) is 0 Å². The molecule has 0 atom stereocenters. The van der Waals surface area contributed by atoms with Crippen LogP contribution < -0.4 is 4.74 Å². The van der Waals surface area contributed by atoms with Gasteiger partial charge in [0, 0.05) is 43.3 Å². The van der Waals surface area contributed by atoms with Crippen LogP contribution >= 0.6 is 0 Å². The van der Waals surface area contributed by atoms with Gasteiger partial charge in [-0.2, -0.15) is 0 Å². The van der Waals surface area contributed by atoms with Crippen molar-refractivity contribution in [3.63, 3.8) is 0 Å². The average molecular weight is 392 g/mol. The molecule has 1 saturated heterocycles. The molecule has 5 heteroatoms. The summed E-state index contributed by atoms with van der Waals surface area (Å²) in [7, 11) is 3.38. The molecule has 0 amide bonds. The number of aryl methyl sites for hydroxylation is 1. The molecule has 0 N–H and O–H groups in total. The Kier molecular flexibility index (Phi) is 6.09. The second-order valence-electron chi connectivity index (χ2n) is 7.52. The first-order chi connectivity index (χ1) is 14.2. The number of fused-ring (bicyclic) bond motifs is 1. The van der Waals surface area contributed by atoms with Crippen molar-refractivity contribution in [1.82, 2.24) is 9.88 Å². The minimum absolute atomic E-state index is 0.508. The second kappa shape index (κ2) is 8.91. The molecule has 0 saturated carbocycles. The second-order valence-corrected chi connectivity index (χ2v) is 7.52. The van der Waals surface area contributed by atoms with Crippen molar-refractivity contribution in [2.45, 2.75) is 20.1 Å². The van der Waals surface area contributed by atoms with Gasteiger partial charge in [0.2, 0.25) is 0 Å². The Balaban J connectivity index is 1.65. The first-order valence-electron chi connectivity index (χ1n) is 10.0. The van der Waals surface area contributed by atoms with Crippen LogP contribution in [0.25, 0.3) is 22.2 Å². The molecule has 4 rings (SSSR count). The summed E-state index contributed by atoms with van der Waals surface area (Å²) in [4.78, 5) is 7.38. The summed E-state index contributed by atoms with van der Waals surface area (Å²) >= 11 is 0. The number of rotatable bonds is 6. The molecule has 0 aliphatic carbocycles. The summed E-state index contributed by atoms with van der Waals surface area (Å²) in [6.45, 7) is 7.26. The highest BCUT2D eigenvalue weighted by Gasteiger charge is 2.13. The normalized spacial score (nSPS) is 15.0. The van der Waals surface area contributed by atoms with Crippen LogP contribution in [0.1, 0.15) is 16.7 Å². The van der Waals surface area contributed by atoms with Gasteiger partial charge in [0.05, 0.1) is 38.1 Å². The molecule has 1 aromatic heterocycles. The van der Waals surface area contributed by atoms with Gasteiger partial charge in [-0.3, -0.25) is 4.90 Å². The molecular formula is C24H28N2O3. The van der Waals surface area contributed by atoms with Crippen molar-refractivity contribution in [3.8, 4) is 17.0 Å². The Labute approximate surface area is 172 Å². The number of ether oxygens (including phenoxy) is 3.